The van der Waals surface area contributed by atoms with Crippen molar-refractivity contribution < 1.29 is 9.59 Å². The molecule has 0 aliphatic heterocycles. The quantitative estimate of drug-likeness (QED) is 0.315. The van der Waals surface area contributed by atoms with Crippen LogP contribution in [0.3, 0.4) is 0 Å². The Morgan fingerprint density at radius 3 is 2.56 bits per heavy atom. The van der Waals surface area contributed by atoms with E-state index in [0.29, 0.717) is 6.54 Å². The molecule has 0 radical (unpaired) electrons. The molecule has 3 heterocycles. The Bertz CT molecular complexity index is 1220. The second-order valence-electron chi connectivity index (χ2n) is 8.90. The molecule has 5 nitrogen and oxygen atoms in total. The maximum atomic E-state index is 13.9. The van der Waals surface area contributed by atoms with E-state index in [1.165, 1.54) is 17.8 Å². The largest absolute Gasteiger partial charge is 0.361 e. The minimum absolute atomic E-state index is 0.0460. The van der Waals surface area contributed by atoms with Crippen molar-refractivity contribution in [2.45, 2.75) is 57.2 Å². The van der Waals surface area contributed by atoms with Crippen molar-refractivity contribution >= 4 is 45.4 Å². The standard InChI is InChI=1S/C27H29N3O2S2/c31-25(16-19-17-28-23-12-5-4-11-22(19)23)30(18-21-10-6-14-33-21)26(24-13-7-15-34-24)27(32)29-20-8-2-1-3-9-20/h4-7,10-15,17,20,26,28H,1-3,8-9,16,18H2,(H,29,32)/t26-/m1/s1. The van der Waals surface area contributed by atoms with Crippen molar-refractivity contribution in [3.05, 3.63) is 80.8 Å². The maximum absolute atomic E-state index is 13.9. The number of fused-ring (bicyclic) bond motifs is 1. The lowest BCUT2D eigenvalue weighted by molar-refractivity contribution is -0.141. The number of hydrogen-bond acceptors (Lipinski definition) is 4. The third kappa shape index (κ3) is 5.10. The van der Waals surface area contributed by atoms with Gasteiger partial charge in [0.25, 0.3) is 0 Å². The van der Waals surface area contributed by atoms with Gasteiger partial charge in [-0.25, -0.2) is 0 Å². The van der Waals surface area contributed by atoms with Crippen LogP contribution in [-0.2, 0) is 22.6 Å². The predicted molar refractivity (Wildman–Crippen MR) is 139 cm³/mol. The Morgan fingerprint density at radius 2 is 1.79 bits per heavy atom. The molecule has 176 valence electrons. The Kier molecular flexibility index (Phi) is 7.11. The molecule has 2 amide bonds. The van der Waals surface area contributed by atoms with Crippen LogP contribution < -0.4 is 5.32 Å². The van der Waals surface area contributed by atoms with Gasteiger partial charge in [0.15, 0.2) is 0 Å². The summed E-state index contributed by atoms with van der Waals surface area (Å²) in [5, 5.41) is 8.32. The molecule has 1 fully saturated rings. The van der Waals surface area contributed by atoms with Crippen LogP contribution in [0.2, 0.25) is 0 Å². The summed E-state index contributed by atoms with van der Waals surface area (Å²) in [5.41, 5.74) is 1.97. The maximum Gasteiger partial charge on any atom is 0.248 e. The highest BCUT2D eigenvalue weighted by Gasteiger charge is 2.34. The van der Waals surface area contributed by atoms with Gasteiger partial charge in [0.05, 0.1) is 13.0 Å². The molecule has 0 bridgehead atoms. The van der Waals surface area contributed by atoms with Crippen molar-refractivity contribution in [2.75, 3.05) is 0 Å². The summed E-state index contributed by atoms with van der Waals surface area (Å²) in [4.78, 5) is 34.6. The van der Waals surface area contributed by atoms with Crippen molar-refractivity contribution in [3.8, 4) is 0 Å². The molecule has 2 N–H and O–H groups in total. The van der Waals surface area contributed by atoms with Crippen LogP contribution in [0.1, 0.15) is 53.5 Å². The van der Waals surface area contributed by atoms with Crippen LogP contribution in [0, 0.1) is 0 Å². The van der Waals surface area contributed by atoms with Crippen molar-refractivity contribution in [1.29, 1.82) is 0 Å². The number of rotatable bonds is 8. The van der Waals surface area contributed by atoms with Crippen LogP contribution in [0.15, 0.2) is 65.5 Å². The molecule has 3 aromatic heterocycles. The van der Waals surface area contributed by atoms with Crippen LogP contribution in [0.25, 0.3) is 10.9 Å². The van der Waals surface area contributed by atoms with Gasteiger partial charge in [-0.2, -0.15) is 0 Å². The zero-order valence-electron chi connectivity index (χ0n) is 19.0. The van der Waals surface area contributed by atoms with E-state index in [-0.39, 0.29) is 24.3 Å². The van der Waals surface area contributed by atoms with E-state index >= 15 is 0 Å². The molecule has 0 unspecified atom stereocenters. The highest BCUT2D eigenvalue weighted by molar-refractivity contribution is 7.10. The average Bonchev–Trinajstić information content (AvgIpc) is 3.63. The number of hydrogen-bond donors (Lipinski definition) is 2. The number of aromatic nitrogens is 1. The number of benzene rings is 1. The minimum Gasteiger partial charge on any atom is -0.361 e. The fraction of sp³-hybridized carbons (Fsp3) is 0.333. The summed E-state index contributed by atoms with van der Waals surface area (Å²) >= 11 is 3.15. The first-order chi connectivity index (χ1) is 16.7. The minimum atomic E-state index is -0.637. The predicted octanol–water partition coefficient (Wildman–Crippen LogP) is 6.05. The number of nitrogens with one attached hydrogen (secondary N) is 2. The van der Waals surface area contributed by atoms with Crippen LogP contribution in [0.5, 0.6) is 0 Å². The molecule has 0 saturated heterocycles. The smallest absolute Gasteiger partial charge is 0.248 e. The van der Waals surface area contributed by atoms with Gasteiger partial charge >= 0.3 is 0 Å². The van der Waals surface area contributed by atoms with Gasteiger partial charge in [-0.05, 0) is 47.4 Å². The van der Waals surface area contributed by atoms with Crippen LogP contribution in [-0.4, -0.2) is 27.7 Å². The molecule has 4 aromatic rings. The summed E-state index contributed by atoms with van der Waals surface area (Å²) in [6.07, 6.45) is 7.70. The summed E-state index contributed by atoms with van der Waals surface area (Å²) in [7, 11) is 0. The summed E-state index contributed by atoms with van der Waals surface area (Å²) in [6, 6.07) is 15.5. The number of carbonyl (C=O) groups is 2. The first-order valence-corrected chi connectivity index (χ1v) is 13.7. The van der Waals surface area contributed by atoms with E-state index in [0.717, 1.165) is 51.9 Å². The number of thiophene rings is 2. The SMILES string of the molecule is O=C(NC1CCCCC1)[C@@H](c1cccs1)N(Cc1cccs1)C(=O)Cc1c[nH]c2ccccc12. The Hall–Kier alpha value is -2.90. The average molecular weight is 492 g/mol. The number of carbonyl (C=O) groups excluding carboxylic acids is 2. The zero-order valence-corrected chi connectivity index (χ0v) is 20.7. The number of amides is 2. The van der Waals surface area contributed by atoms with Gasteiger partial charge in [-0.1, -0.05) is 49.6 Å². The summed E-state index contributed by atoms with van der Waals surface area (Å²) in [6.45, 7) is 0.416. The van der Waals surface area contributed by atoms with Crippen molar-refractivity contribution in [1.82, 2.24) is 15.2 Å². The molecule has 1 aliphatic rings. The third-order valence-electron chi connectivity index (χ3n) is 6.57. The van der Waals surface area contributed by atoms with Gasteiger partial charge in [0.2, 0.25) is 11.8 Å². The topological polar surface area (TPSA) is 65.2 Å². The third-order valence-corrected chi connectivity index (χ3v) is 8.35. The van der Waals surface area contributed by atoms with Crippen LogP contribution in [0.4, 0.5) is 0 Å². The number of H-pyrrole nitrogens is 1. The molecule has 7 heteroatoms. The Balaban J connectivity index is 1.46. The molecule has 34 heavy (non-hydrogen) atoms. The molecule has 5 rings (SSSR count). The molecule has 1 aliphatic carbocycles. The highest BCUT2D eigenvalue weighted by atomic mass is 32.1. The highest BCUT2D eigenvalue weighted by Crippen LogP contribution is 2.30. The summed E-state index contributed by atoms with van der Waals surface area (Å²) in [5.74, 6) is -0.117. The Labute approximate surface area is 207 Å². The first-order valence-electron chi connectivity index (χ1n) is 11.9. The van der Waals surface area contributed by atoms with Gasteiger partial charge < -0.3 is 15.2 Å². The molecule has 0 spiro atoms. The van der Waals surface area contributed by atoms with Gasteiger partial charge in [-0.3, -0.25) is 9.59 Å². The normalized spacial score (nSPS) is 15.3. The number of para-hydroxylation sites is 1. The zero-order chi connectivity index (χ0) is 23.3. The molecular formula is C27H29N3O2S2. The van der Waals surface area contributed by atoms with Gasteiger partial charge in [0, 0.05) is 32.9 Å². The van der Waals surface area contributed by atoms with Crippen molar-refractivity contribution in [3.63, 3.8) is 0 Å². The van der Waals surface area contributed by atoms with E-state index in [2.05, 4.69) is 10.3 Å². The number of nitrogens with zero attached hydrogens (tertiary/aromatic N) is 1. The molecular weight excluding hydrogens is 462 g/mol. The number of aromatic amines is 1. The molecule has 1 aromatic carbocycles. The first kappa shape index (κ1) is 22.9. The van der Waals surface area contributed by atoms with Gasteiger partial charge in [0.1, 0.15) is 6.04 Å². The lowest BCUT2D eigenvalue weighted by Gasteiger charge is -2.32. The lowest BCUT2D eigenvalue weighted by atomic mass is 9.95. The second-order valence-corrected chi connectivity index (χ2v) is 10.9. The van der Waals surface area contributed by atoms with E-state index in [1.54, 1.807) is 16.2 Å². The molecule has 1 saturated carbocycles. The second kappa shape index (κ2) is 10.6. The van der Waals surface area contributed by atoms with E-state index in [4.69, 9.17) is 0 Å². The monoisotopic (exact) mass is 491 g/mol. The molecule has 1 atom stereocenters. The van der Waals surface area contributed by atoms with Gasteiger partial charge in [-0.15, -0.1) is 22.7 Å². The summed E-state index contributed by atoms with van der Waals surface area (Å²) < 4.78 is 0. The van der Waals surface area contributed by atoms with E-state index < -0.39 is 6.04 Å². The van der Waals surface area contributed by atoms with E-state index in [1.807, 2.05) is 65.5 Å². The van der Waals surface area contributed by atoms with Crippen molar-refractivity contribution in [2.24, 2.45) is 0 Å². The van der Waals surface area contributed by atoms with Crippen LogP contribution >= 0.6 is 22.7 Å². The van der Waals surface area contributed by atoms with E-state index in [9.17, 15) is 9.59 Å². The fourth-order valence-corrected chi connectivity index (χ4v) is 6.37. The Morgan fingerprint density at radius 1 is 1.00 bits per heavy atom. The lowest BCUT2D eigenvalue weighted by Crippen LogP contribution is -2.46. The fourth-order valence-electron chi connectivity index (χ4n) is 4.83.